The van der Waals surface area contributed by atoms with E-state index in [-0.39, 0.29) is 4.75 Å². The van der Waals surface area contributed by atoms with Gasteiger partial charge in [0.25, 0.3) is 0 Å². The number of hydrogen-bond acceptors (Lipinski definition) is 1. The normalized spacial score (nSPS) is 18.9. The van der Waals surface area contributed by atoms with Gasteiger partial charge in [0.2, 0.25) is 0 Å². The summed E-state index contributed by atoms with van der Waals surface area (Å²) in [4.78, 5) is 0. The standard InChI is InChI=1S/C18H16S/c1-13-10-11-18(19-12-13)16-8-4-2-6-14(16)15-7-3-5-9-17(15)18/h2-10H,11-12H2,1H3. The van der Waals surface area contributed by atoms with Gasteiger partial charge in [-0.25, -0.2) is 0 Å². The van der Waals surface area contributed by atoms with E-state index in [1.165, 1.54) is 27.8 Å². The number of thioether (sulfide) groups is 1. The Balaban J connectivity index is 2.02. The van der Waals surface area contributed by atoms with Crippen molar-refractivity contribution in [2.75, 3.05) is 5.75 Å². The predicted octanol–water partition coefficient (Wildman–Crippen LogP) is 4.99. The Morgan fingerprint density at radius 3 is 2.00 bits per heavy atom. The highest BCUT2D eigenvalue weighted by molar-refractivity contribution is 8.00. The van der Waals surface area contributed by atoms with Crippen molar-refractivity contribution in [3.63, 3.8) is 0 Å². The molecule has 94 valence electrons. The van der Waals surface area contributed by atoms with E-state index in [4.69, 9.17) is 0 Å². The summed E-state index contributed by atoms with van der Waals surface area (Å²) in [6, 6.07) is 17.8. The van der Waals surface area contributed by atoms with Crippen LogP contribution >= 0.6 is 11.8 Å². The molecule has 1 aliphatic heterocycles. The molecular formula is C18H16S. The Kier molecular flexibility index (Phi) is 2.40. The molecule has 0 aromatic heterocycles. The Morgan fingerprint density at radius 1 is 0.895 bits per heavy atom. The zero-order valence-corrected chi connectivity index (χ0v) is 11.8. The van der Waals surface area contributed by atoms with Crippen molar-refractivity contribution in [1.29, 1.82) is 0 Å². The van der Waals surface area contributed by atoms with Gasteiger partial charge in [-0.2, -0.15) is 0 Å². The van der Waals surface area contributed by atoms with Crippen LogP contribution in [-0.4, -0.2) is 5.75 Å². The van der Waals surface area contributed by atoms with Gasteiger partial charge >= 0.3 is 0 Å². The molecular weight excluding hydrogens is 248 g/mol. The molecule has 2 aromatic carbocycles. The van der Waals surface area contributed by atoms with Gasteiger partial charge in [0.05, 0.1) is 4.75 Å². The van der Waals surface area contributed by atoms with Gasteiger partial charge in [-0.3, -0.25) is 0 Å². The van der Waals surface area contributed by atoms with E-state index < -0.39 is 0 Å². The molecule has 1 heterocycles. The van der Waals surface area contributed by atoms with Crippen molar-refractivity contribution >= 4 is 11.8 Å². The average Bonchev–Trinajstić information content (AvgIpc) is 2.74. The van der Waals surface area contributed by atoms with Crippen LogP contribution in [0.5, 0.6) is 0 Å². The van der Waals surface area contributed by atoms with E-state index >= 15 is 0 Å². The molecule has 0 atom stereocenters. The number of benzene rings is 2. The van der Waals surface area contributed by atoms with Gasteiger partial charge < -0.3 is 0 Å². The highest BCUT2D eigenvalue weighted by atomic mass is 32.2. The lowest BCUT2D eigenvalue weighted by atomic mass is 9.91. The summed E-state index contributed by atoms with van der Waals surface area (Å²) in [7, 11) is 0. The quantitative estimate of drug-likeness (QED) is 0.604. The largest absolute Gasteiger partial charge is 0.141 e. The minimum absolute atomic E-state index is 0.159. The summed E-state index contributed by atoms with van der Waals surface area (Å²) in [5, 5.41) is 0. The van der Waals surface area contributed by atoms with E-state index in [1.54, 1.807) is 0 Å². The zero-order chi connectivity index (χ0) is 12.9. The van der Waals surface area contributed by atoms with Gasteiger partial charge in [0, 0.05) is 5.75 Å². The van der Waals surface area contributed by atoms with Gasteiger partial charge in [-0.05, 0) is 35.6 Å². The van der Waals surface area contributed by atoms with Crippen LogP contribution in [-0.2, 0) is 4.75 Å². The maximum absolute atomic E-state index is 2.43. The summed E-state index contributed by atoms with van der Waals surface area (Å²) in [6.07, 6.45) is 3.55. The van der Waals surface area contributed by atoms with Gasteiger partial charge in [0.1, 0.15) is 0 Å². The molecule has 4 rings (SSSR count). The first-order valence-corrected chi connectivity index (χ1v) is 7.79. The van der Waals surface area contributed by atoms with Crippen molar-refractivity contribution in [3.05, 3.63) is 71.3 Å². The lowest BCUT2D eigenvalue weighted by Crippen LogP contribution is -2.23. The fraction of sp³-hybridized carbons (Fsp3) is 0.222. The number of fused-ring (bicyclic) bond motifs is 5. The van der Waals surface area contributed by atoms with Crippen LogP contribution in [0.3, 0.4) is 0 Å². The Hall–Kier alpha value is -1.47. The van der Waals surface area contributed by atoms with E-state index in [9.17, 15) is 0 Å². The molecule has 1 spiro atoms. The van der Waals surface area contributed by atoms with E-state index in [0.717, 1.165) is 12.2 Å². The fourth-order valence-electron chi connectivity index (χ4n) is 3.33. The smallest absolute Gasteiger partial charge is 0.0706 e. The van der Waals surface area contributed by atoms with Crippen molar-refractivity contribution in [2.45, 2.75) is 18.1 Å². The lowest BCUT2D eigenvalue weighted by Gasteiger charge is -2.34. The molecule has 2 aromatic rings. The molecule has 0 saturated heterocycles. The third-order valence-corrected chi connectivity index (χ3v) is 6.00. The summed E-state index contributed by atoms with van der Waals surface area (Å²) in [6.45, 7) is 2.24. The SMILES string of the molecule is CC1=CCC2(SC1)c1ccccc1-c1ccccc12. The van der Waals surface area contributed by atoms with Gasteiger partial charge in [0.15, 0.2) is 0 Å². The summed E-state index contributed by atoms with van der Waals surface area (Å²) in [5.74, 6) is 1.14. The molecule has 0 nitrogen and oxygen atoms in total. The monoisotopic (exact) mass is 264 g/mol. The van der Waals surface area contributed by atoms with E-state index in [1.807, 2.05) is 0 Å². The zero-order valence-electron chi connectivity index (χ0n) is 11.0. The maximum Gasteiger partial charge on any atom is 0.0706 e. The van der Waals surface area contributed by atoms with Crippen molar-refractivity contribution in [2.24, 2.45) is 0 Å². The second-order valence-corrected chi connectivity index (χ2v) is 6.74. The summed E-state index contributed by atoms with van der Waals surface area (Å²) in [5.41, 5.74) is 7.38. The van der Waals surface area contributed by atoms with E-state index in [2.05, 4.69) is 73.3 Å². The molecule has 0 fully saturated rings. The molecule has 0 unspecified atom stereocenters. The second-order valence-electron chi connectivity index (χ2n) is 5.46. The lowest BCUT2D eigenvalue weighted by molar-refractivity contribution is 0.764. The molecule has 1 heteroatoms. The predicted molar refractivity (Wildman–Crippen MR) is 83.5 cm³/mol. The Bertz CT molecular complexity index is 636. The first-order chi connectivity index (χ1) is 9.31. The first-order valence-electron chi connectivity index (χ1n) is 6.80. The highest BCUT2D eigenvalue weighted by Crippen LogP contribution is 2.58. The average molecular weight is 264 g/mol. The summed E-state index contributed by atoms with van der Waals surface area (Å²) < 4.78 is 0.159. The molecule has 1 aliphatic carbocycles. The van der Waals surface area contributed by atoms with Crippen molar-refractivity contribution < 1.29 is 0 Å². The third kappa shape index (κ3) is 1.48. The maximum atomic E-state index is 2.43. The topological polar surface area (TPSA) is 0 Å². The molecule has 0 radical (unpaired) electrons. The molecule has 2 aliphatic rings. The number of allylic oxidation sites excluding steroid dienone is 1. The molecule has 19 heavy (non-hydrogen) atoms. The first kappa shape index (κ1) is 11.4. The van der Waals surface area contributed by atoms with Crippen LogP contribution in [0.15, 0.2) is 60.2 Å². The van der Waals surface area contributed by atoms with Crippen molar-refractivity contribution in [3.8, 4) is 11.1 Å². The molecule has 0 N–H and O–H groups in total. The second kappa shape index (κ2) is 4.01. The van der Waals surface area contributed by atoms with Crippen LogP contribution in [0.2, 0.25) is 0 Å². The highest BCUT2D eigenvalue weighted by Gasteiger charge is 2.43. The van der Waals surface area contributed by atoms with Crippen LogP contribution in [0.25, 0.3) is 11.1 Å². The van der Waals surface area contributed by atoms with E-state index in [0.29, 0.717) is 0 Å². The van der Waals surface area contributed by atoms with Crippen LogP contribution < -0.4 is 0 Å². The number of rotatable bonds is 0. The number of hydrogen-bond donors (Lipinski definition) is 0. The Morgan fingerprint density at radius 2 is 1.47 bits per heavy atom. The van der Waals surface area contributed by atoms with Crippen LogP contribution in [0.4, 0.5) is 0 Å². The minimum Gasteiger partial charge on any atom is -0.141 e. The third-order valence-electron chi connectivity index (χ3n) is 4.30. The fourth-order valence-corrected chi connectivity index (χ4v) is 4.79. The van der Waals surface area contributed by atoms with Gasteiger partial charge in [-0.1, -0.05) is 60.2 Å². The van der Waals surface area contributed by atoms with Crippen molar-refractivity contribution in [1.82, 2.24) is 0 Å². The Labute approximate surface area is 118 Å². The summed E-state index contributed by atoms with van der Waals surface area (Å²) >= 11 is 2.10. The molecule has 0 saturated carbocycles. The van der Waals surface area contributed by atoms with Crippen LogP contribution in [0.1, 0.15) is 24.5 Å². The van der Waals surface area contributed by atoms with Crippen LogP contribution in [0, 0.1) is 0 Å². The molecule has 0 amide bonds. The minimum atomic E-state index is 0.159. The molecule has 0 bridgehead atoms. The van der Waals surface area contributed by atoms with Gasteiger partial charge in [-0.15, -0.1) is 11.8 Å².